The van der Waals surface area contributed by atoms with E-state index >= 15 is 0 Å². The van der Waals surface area contributed by atoms with Crippen molar-refractivity contribution in [1.82, 2.24) is 0 Å². The highest BCUT2D eigenvalue weighted by Crippen LogP contribution is 2.27. The molecule has 0 fully saturated rings. The van der Waals surface area contributed by atoms with Gasteiger partial charge in [-0.15, -0.1) is 0 Å². The molecule has 0 amide bonds. The summed E-state index contributed by atoms with van der Waals surface area (Å²) in [7, 11) is 1.63. The maximum Gasteiger partial charge on any atom is 0.167 e. The first-order chi connectivity index (χ1) is 10.2. The lowest BCUT2D eigenvalue weighted by molar-refractivity contribution is 0.0993. The monoisotopic (exact) mass is 344 g/mol. The van der Waals surface area contributed by atoms with E-state index in [2.05, 4.69) is 28.1 Å². The van der Waals surface area contributed by atoms with Gasteiger partial charge in [0.05, 0.1) is 11.6 Å². The van der Waals surface area contributed by atoms with Crippen LogP contribution in [-0.4, -0.2) is 12.9 Å². The molecule has 0 aromatic heterocycles. The van der Waals surface area contributed by atoms with Crippen LogP contribution in [0.4, 0.5) is 0 Å². The minimum absolute atomic E-state index is 0.168. The summed E-state index contributed by atoms with van der Waals surface area (Å²) in [6, 6.07) is 11.9. The smallest absolute Gasteiger partial charge is 0.167 e. The summed E-state index contributed by atoms with van der Waals surface area (Å²) in [5.74, 6) is 0.950. The molecule has 2 aromatic rings. The highest BCUT2D eigenvalue weighted by molar-refractivity contribution is 9.10. The zero-order valence-corrected chi connectivity index (χ0v) is 13.6. The van der Waals surface area contributed by atoms with Crippen LogP contribution in [0.2, 0.25) is 0 Å². The molecular formula is C18H17BrO2. The van der Waals surface area contributed by atoms with Crippen LogP contribution in [0.25, 0.3) is 0 Å². The van der Waals surface area contributed by atoms with Gasteiger partial charge in [-0.1, -0.05) is 18.2 Å². The van der Waals surface area contributed by atoms with Gasteiger partial charge in [-0.05, 0) is 70.1 Å². The van der Waals surface area contributed by atoms with Crippen LogP contribution in [0.5, 0.6) is 5.75 Å². The van der Waals surface area contributed by atoms with Gasteiger partial charge in [0.25, 0.3) is 0 Å². The Labute approximate surface area is 133 Å². The molecule has 2 aromatic carbocycles. The molecule has 0 heterocycles. The Bertz CT molecular complexity index is 692. The Hall–Kier alpha value is -1.61. The van der Waals surface area contributed by atoms with Crippen LogP contribution in [0.1, 0.15) is 33.5 Å². The average molecular weight is 345 g/mol. The first-order valence-electron chi connectivity index (χ1n) is 7.15. The number of carbonyl (C=O) groups excluding carboxylic acids is 1. The molecule has 21 heavy (non-hydrogen) atoms. The standard InChI is InChI=1S/C18H17BrO2/c1-21-18-8-5-12(9-16(18)19)10-17(20)15-7-6-13-3-2-4-14(13)11-15/h5-9,11H,2-4,10H2,1H3. The zero-order chi connectivity index (χ0) is 14.8. The fraction of sp³-hybridized carbons (Fsp3) is 0.278. The fourth-order valence-electron chi connectivity index (χ4n) is 2.85. The van der Waals surface area contributed by atoms with Crippen molar-refractivity contribution in [1.29, 1.82) is 0 Å². The molecule has 3 rings (SSSR count). The summed E-state index contributed by atoms with van der Waals surface area (Å²) >= 11 is 3.46. The predicted molar refractivity (Wildman–Crippen MR) is 87.2 cm³/mol. The van der Waals surface area contributed by atoms with Crippen LogP contribution < -0.4 is 4.74 Å². The quantitative estimate of drug-likeness (QED) is 0.769. The molecule has 0 aliphatic heterocycles. The number of hydrogen-bond donors (Lipinski definition) is 0. The zero-order valence-electron chi connectivity index (χ0n) is 12.0. The average Bonchev–Trinajstić information content (AvgIpc) is 2.94. The largest absolute Gasteiger partial charge is 0.496 e. The molecule has 108 valence electrons. The van der Waals surface area contributed by atoms with Crippen molar-refractivity contribution < 1.29 is 9.53 Å². The Morgan fingerprint density at radius 2 is 1.95 bits per heavy atom. The van der Waals surface area contributed by atoms with Gasteiger partial charge in [0, 0.05) is 12.0 Å². The number of methoxy groups -OCH3 is 1. The number of aryl methyl sites for hydroxylation is 2. The number of rotatable bonds is 4. The van der Waals surface area contributed by atoms with E-state index in [1.54, 1.807) is 7.11 Å². The van der Waals surface area contributed by atoms with Gasteiger partial charge in [0.2, 0.25) is 0 Å². The summed E-state index contributed by atoms with van der Waals surface area (Å²) in [6.45, 7) is 0. The van der Waals surface area contributed by atoms with Gasteiger partial charge >= 0.3 is 0 Å². The van der Waals surface area contributed by atoms with Crippen molar-refractivity contribution in [2.45, 2.75) is 25.7 Å². The SMILES string of the molecule is COc1ccc(CC(=O)c2ccc3c(c2)CCC3)cc1Br. The lowest BCUT2D eigenvalue weighted by Gasteiger charge is -2.07. The third-order valence-corrected chi connectivity index (χ3v) is 4.62. The van der Waals surface area contributed by atoms with Crippen LogP contribution in [0, 0.1) is 0 Å². The summed E-state index contributed by atoms with van der Waals surface area (Å²) < 4.78 is 6.09. The summed E-state index contributed by atoms with van der Waals surface area (Å²) in [6.07, 6.45) is 3.87. The summed E-state index contributed by atoms with van der Waals surface area (Å²) in [5.41, 5.74) is 4.56. The summed E-state index contributed by atoms with van der Waals surface area (Å²) in [5, 5.41) is 0. The number of hydrogen-bond acceptors (Lipinski definition) is 2. The number of carbonyl (C=O) groups is 1. The van der Waals surface area contributed by atoms with Crippen molar-refractivity contribution in [3.05, 3.63) is 63.1 Å². The number of benzene rings is 2. The molecular weight excluding hydrogens is 328 g/mol. The topological polar surface area (TPSA) is 26.3 Å². The Balaban J connectivity index is 1.78. The second-order valence-electron chi connectivity index (χ2n) is 5.41. The third-order valence-electron chi connectivity index (χ3n) is 4.00. The van der Waals surface area contributed by atoms with Crippen molar-refractivity contribution in [2.24, 2.45) is 0 Å². The Morgan fingerprint density at radius 3 is 2.71 bits per heavy atom. The minimum atomic E-state index is 0.168. The Kier molecular flexibility index (Phi) is 4.11. The molecule has 0 saturated carbocycles. The van der Waals surface area contributed by atoms with E-state index in [1.807, 2.05) is 24.3 Å². The first kappa shape index (κ1) is 14.3. The number of ketones is 1. The molecule has 0 radical (unpaired) electrons. The molecule has 1 aliphatic rings. The highest BCUT2D eigenvalue weighted by Gasteiger charge is 2.14. The van der Waals surface area contributed by atoms with Crippen LogP contribution in [0.15, 0.2) is 40.9 Å². The molecule has 0 saturated heterocycles. The van der Waals surface area contributed by atoms with Gasteiger partial charge in [-0.25, -0.2) is 0 Å². The van der Waals surface area contributed by atoms with Crippen molar-refractivity contribution in [2.75, 3.05) is 7.11 Å². The van der Waals surface area contributed by atoms with E-state index in [-0.39, 0.29) is 5.78 Å². The second kappa shape index (κ2) is 6.02. The molecule has 0 atom stereocenters. The molecule has 1 aliphatic carbocycles. The molecule has 0 N–H and O–H groups in total. The van der Waals surface area contributed by atoms with Crippen molar-refractivity contribution in [3.8, 4) is 5.75 Å². The maximum absolute atomic E-state index is 12.4. The van der Waals surface area contributed by atoms with Crippen LogP contribution in [-0.2, 0) is 19.3 Å². The van der Waals surface area contributed by atoms with Gasteiger partial charge in [0.15, 0.2) is 5.78 Å². The van der Waals surface area contributed by atoms with Crippen molar-refractivity contribution >= 4 is 21.7 Å². The Morgan fingerprint density at radius 1 is 1.14 bits per heavy atom. The number of Topliss-reactive ketones (excluding diaryl/α,β-unsaturated/α-hetero) is 1. The number of halogens is 1. The van der Waals surface area contributed by atoms with Crippen LogP contribution in [0.3, 0.4) is 0 Å². The van der Waals surface area contributed by atoms with E-state index < -0.39 is 0 Å². The number of fused-ring (bicyclic) bond motifs is 1. The normalized spacial score (nSPS) is 13.0. The van der Waals surface area contributed by atoms with Crippen LogP contribution >= 0.6 is 15.9 Å². The predicted octanol–water partition coefficient (Wildman–Crippen LogP) is 4.37. The molecule has 2 nitrogen and oxygen atoms in total. The van der Waals surface area contributed by atoms with Crippen molar-refractivity contribution in [3.63, 3.8) is 0 Å². The van der Waals surface area contributed by atoms with E-state index in [9.17, 15) is 4.79 Å². The minimum Gasteiger partial charge on any atom is -0.496 e. The first-order valence-corrected chi connectivity index (χ1v) is 7.94. The third kappa shape index (κ3) is 3.03. The van der Waals surface area contributed by atoms with Gasteiger partial charge in [-0.2, -0.15) is 0 Å². The molecule has 0 spiro atoms. The van der Waals surface area contributed by atoms with E-state index in [0.29, 0.717) is 6.42 Å². The van der Waals surface area contributed by atoms with E-state index in [4.69, 9.17) is 4.74 Å². The number of ether oxygens (including phenoxy) is 1. The lowest BCUT2D eigenvalue weighted by Crippen LogP contribution is -2.04. The summed E-state index contributed by atoms with van der Waals surface area (Å²) in [4.78, 5) is 12.4. The second-order valence-corrected chi connectivity index (χ2v) is 6.26. The van der Waals surface area contributed by atoms with E-state index in [1.165, 1.54) is 17.5 Å². The highest BCUT2D eigenvalue weighted by atomic mass is 79.9. The maximum atomic E-state index is 12.4. The lowest BCUT2D eigenvalue weighted by atomic mass is 9.99. The van der Waals surface area contributed by atoms with Gasteiger partial charge in [-0.3, -0.25) is 4.79 Å². The molecule has 0 bridgehead atoms. The van der Waals surface area contributed by atoms with Gasteiger partial charge < -0.3 is 4.74 Å². The molecule has 3 heteroatoms. The van der Waals surface area contributed by atoms with E-state index in [0.717, 1.165) is 34.2 Å². The fourth-order valence-corrected chi connectivity index (χ4v) is 3.44. The molecule has 0 unspecified atom stereocenters. The van der Waals surface area contributed by atoms with Gasteiger partial charge in [0.1, 0.15) is 5.75 Å².